The van der Waals surface area contributed by atoms with Gasteiger partial charge in [0.05, 0.1) is 0 Å². The van der Waals surface area contributed by atoms with Crippen LogP contribution in [0.4, 0.5) is 0 Å². The van der Waals surface area contributed by atoms with Crippen molar-refractivity contribution < 1.29 is 0 Å². The van der Waals surface area contributed by atoms with Gasteiger partial charge in [-0.25, -0.2) is 0 Å². The Hall–Kier alpha value is -0.300. The van der Waals surface area contributed by atoms with E-state index in [1.54, 1.807) is 0 Å². The lowest BCUT2D eigenvalue weighted by molar-refractivity contribution is 0.227. The Balaban J connectivity index is 2.45. The zero-order valence-electron chi connectivity index (χ0n) is 10.7. The molecule has 0 spiro atoms. The van der Waals surface area contributed by atoms with Gasteiger partial charge in [-0.05, 0) is 44.6 Å². The minimum atomic E-state index is 0.667. The molecular formula is C14H27N. The summed E-state index contributed by atoms with van der Waals surface area (Å²) in [5.74, 6) is 1.80. The average molecular weight is 209 g/mol. The first-order valence-corrected chi connectivity index (χ1v) is 6.51. The van der Waals surface area contributed by atoms with Gasteiger partial charge in [-0.15, -0.1) is 0 Å². The third-order valence-electron chi connectivity index (χ3n) is 3.93. The summed E-state index contributed by atoms with van der Waals surface area (Å²) in [7, 11) is 2.10. The SMILES string of the molecule is C=C(CC)CC(NC)C1CCCC(C)C1. The van der Waals surface area contributed by atoms with Gasteiger partial charge in [0.15, 0.2) is 0 Å². The molecular weight excluding hydrogens is 182 g/mol. The summed E-state index contributed by atoms with van der Waals surface area (Å²) in [6.45, 7) is 8.74. The van der Waals surface area contributed by atoms with Crippen LogP contribution in [0.25, 0.3) is 0 Å². The van der Waals surface area contributed by atoms with Crippen molar-refractivity contribution in [1.29, 1.82) is 0 Å². The molecule has 0 heterocycles. The van der Waals surface area contributed by atoms with E-state index in [-0.39, 0.29) is 0 Å². The van der Waals surface area contributed by atoms with Crippen molar-refractivity contribution in [3.05, 3.63) is 12.2 Å². The lowest BCUT2D eigenvalue weighted by Gasteiger charge is -2.33. The molecule has 1 rings (SSSR count). The summed E-state index contributed by atoms with van der Waals surface area (Å²) in [4.78, 5) is 0. The molecule has 0 aliphatic heterocycles. The molecule has 88 valence electrons. The molecule has 1 N–H and O–H groups in total. The minimum Gasteiger partial charge on any atom is -0.316 e. The summed E-state index contributed by atoms with van der Waals surface area (Å²) in [6, 6.07) is 0.667. The predicted molar refractivity (Wildman–Crippen MR) is 68.0 cm³/mol. The Labute approximate surface area is 95.3 Å². The van der Waals surface area contributed by atoms with E-state index in [0.717, 1.165) is 18.3 Å². The van der Waals surface area contributed by atoms with Gasteiger partial charge in [0.2, 0.25) is 0 Å². The molecule has 0 radical (unpaired) electrons. The van der Waals surface area contributed by atoms with Crippen LogP contribution < -0.4 is 5.32 Å². The van der Waals surface area contributed by atoms with Crippen LogP contribution in [0.3, 0.4) is 0 Å². The maximum absolute atomic E-state index is 4.13. The van der Waals surface area contributed by atoms with E-state index in [1.165, 1.54) is 37.7 Å². The van der Waals surface area contributed by atoms with Crippen LogP contribution in [0.5, 0.6) is 0 Å². The summed E-state index contributed by atoms with van der Waals surface area (Å²) in [6.07, 6.45) is 7.96. The molecule has 0 aromatic heterocycles. The van der Waals surface area contributed by atoms with Crippen LogP contribution in [0.15, 0.2) is 12.2 Å². The largest absolute Gasteiger partial charge is 0.316 e. The van der Waals surface area contributed by atoms with Crippen molar-refractivity contribution >= 4 is 0 Å². The van der Waals surface area contributed by atoms with Crippen molar-refractivity contribution in [3.63, 3.8) is 0 Å². The molecule has 1 heteroatoms. The van der Waals surface area contributed by atoms with Crippen LogP contribution in [0.1, 0.15) is 52.4 Å². The van der Waals surface area contributed by atoms with Crippen LogP contribution in [0.2, 0.25) is 0 Å². The fourth-order valence-corrected chi connectivity index (χ4v) is 2.81. The highest BCUT2D eigenvalue weighted by molar-refractivity contribution is 4.98. The molecule has 3 atom stereocenters. The van der Waals surface area contributed by atoms with Gasteiger partial charge in [-0.1, -0.05) is 38.8 Å². The van der Waals surface area contributed by atoms with Crippen molar-refractivity contribution in [2.75, 3.05) is 7.05 Å². The van der Waals surface area contributed by atoms with Gasteiger partial charge < -0.3 is 5.32 Å². The van der Waals surface area contributed by atoms with E-state index in [2.05, 4.69) is 32.8 Å². The number of rotatable bonds is 5. The first-order chi connectivity index (χ1) is 7.17. The fourth-order valence-electron chi connectivity index (χ4n) is 2.81. The average Bonchev–Trinajstić information content (AvgIpc) is 2.25. The Bertz CT molecular complexity index is 198. The molecule has 0 saturated heterocycles. The van der Waals surface area contributed by atoms with Crippen molar-refractivity contribution in [2.45, 2.75) is 58.4 Å². The topological polar surface area (TPSA) is 12.0 Å². The summed E-state index contributed by atoms with van der Waals surface area (Å²) < 4.78 is 0. The molecule has 1 aliphatic rings. The first kappa shape index (κ1) is 12.8. The maximum atomic E-state index is 4.13. The molecule has 1 nitrogen and oxygen atoms in total. The van der Waals surface area contributed by atoms with E-state index in [4.69, 9.17) is 0 Å². The van der Waals surface area contributed by atoms with Crippen LogP contribution in [-0.2, 0) is 0 Å². The van der Waals surface area contributed by atoms with Crippen molar-refractivity contribution in [1.82, 2.24) is 5.32 Å². The van der Waals surface area contributed by atoms with Gasteiger partial charge in [0.25, 0.3) is 0 Å². The summed E-state index contributed by atoms with van der Waals surface area (Å²) in [5, 5.41) is 3.50. The number of nitrogens with one attached hydrogen (secondary N) is 1. The van der Waals surface area contributed by atoms with E-state index in [0.29, 0.717) is 6.04 Å². The zero-order valence-corrected chi connectivity index (χ0v) is 10.7. The first-order valence-electron chi connectivity index (χ1n) is 6.51. The molecule has 3 unspecified atom stereocenters. The predicted octanol–water partition coefficient (Wildman–Crippen LogP) is 3.76. The quantitative estimate of drug-likeness (QED) is 0.680. The van der Waals surface area contributed by atoms with Gasteiger partial charge in [-0.3, -0.25) is 0 Å². The molecule has 1 saturated carbocycles. The van der Waals surface area contributed by atoms with E-state index in [1.807, 2.05) is 0 Å². The van der Waals surface area contributed by atoms with Crippen LogP contribution in [-0.4, -0.2) is 13.1 Å². The Morgan fingerprint density at radius 3 is 2.73 bits per heavy atom. The highest BCUT2D eigenvalue weighted by Gasteiger charge is 2.25. The van der Waals surface area contributed by atoms with Crippen LogP contribution in [0, 0.1) is 11.8 Å². The lowest BCUT2D eigenvalue weighted by Crippen LogP contribution is -2.36. The smallest absolute Gasteiger partial charge is 0.0129 e. The Morgan fingerprint density at radius 2 is 2.20 bits per heavy atom. The molecule has 0 amide bonds. The second-order valence-corrected chi connectivity index (χ2v) is 5.23. The van der Waals surface area contributed by atoms with E-state index in [9.17, 15) is 0 Å². The van der Waals surface area contributed by atoms with Crippen molar-refractivity contribution in [3.8, 4) is 0 Å². The maximum Gasteiger partial charge on any atom is 0.0129 e. The highest BCUT2D eigenvalue weighted by atomic mass is 14.9. The summed E-state index contributed by atoms with van der Waals surface area (Å²) in [5.41, 5.74) is 1.40. The fraction of sp³-hybridized carbons (Fsp3) is 0.857. The molecule has 0 aromatic rings. The van der Waals surface area contributed by atoms with Gasteiger partial charge >= 0.3 is 0 Å². The minimum absolute atomic E-state index is 0.667. The van der Waals surface area contributed by atoms with Gasteiger partial charge in [0.1, 0.15) is 0 Å². The van der Waals surface area contributed by atoms with Gasteiger partial charge in [0, 0.05) is 6.04 Å². The van der Waals surface area contributed by atoms with E-state index >= 15 is 0 Å². The molecule has 15 heavy (non-hydrogen) atoms. The van der Waals surface area contributed by atoms with E-state index < -0.39 is 0 Å². The number of hydrogen-bond acceptors (Lipinski definition) is 1. The van der Waals surface area contributed by atoms with Crippen molar-refractivity contribution in [2.24, 2.45) is 11.8 Å². The number of hydrogen-bond donors (Lipinski definition) is 1. The third kappa shape index (κ3) is 3.98. The molecule has 0 aromatic carbocycles. The standard InChI is InChI=1S/C14H27N/c1-5-11(2)10-14(15-4)13-8-6-7-12(3)9-13/h12-15H,2,5-10H2,1,3-4H3. The molecule has 1 fully saturated rings. The monoisotopic (exact) mass is 209 g/mol. The Kier molecular flexibility index (Phi) is 5.38. The highest BCUT2D eigenvalue weighted by Crippen LogP contribution is 2.32. The Morgan fingerprint density at radius 1 is 1.47 bits per heavy atom. The summed E-state index contributed by atoms with van der Waals surface area (Å²) >= 11 is 0. The molecule has 0 bridgehead atoms. The second kappa shape index (κ2) is 6.32. The zero-order chi connectivity index (χ0) is 11.3. The van der Waals surface area contributed by atoms with Crippen LogP contribution >= 0.6 is 0 Å². The lowest BCUT2D eigenvalue weighted by atomic mass is 9.77. The second-order valence-electron chi connectivity index (χ2n) is 5.23. The normalized spacial score (nSPS) is 28.7. The molecule has 1 aliphatic carbocycles. The van der Waals surface area contributed by atoms with Gasteiger partial charge in [-0.2, -0.15) is 0 Å². The third-order valence-corrected chi connectivity index (χ3v) is 3.93.